The van der Waals surface area contributed by atoms with Crippen LogP contribution in [0.3, 0.4) is 0 Å². The molecule has 1 amide bonds. The first-order chi connectivity index (χ1) is 14.5. The van der Waals surface area contributed by atoms with Gasteiger partial charge in [-0.3, -0.25) is 19.0 Å². The highest BCUT2D eigenvalue weighted by Crippen LogP contribution is 2.47. The van der Waals surface area contributed by atoms with E-state index in [0.717, 1.165) is 43.4 Å². The zero-order valence-corrected chi connectivity index (χ0v) is 20.0. The van der Waals surface area contributed by atoms with Crippen LogP contribution in [0.1, 0.15) is 17.5 Å². The number of allylic oxidation sites excluding steroid dienone is 2. The first kappa shape index (κ1) is 23.8. The molecule has 1 saturated heterocycles. The summed E-state index contributed by atoms with van der Waals surface area (Å²) in [5, 5.41) is 9.74. The Morgan fingerprint density at radius 2 is 1.84 bits per heavy atom. The average Bonchev–Trinajstić information content (AvgIpc) is 3.11. The van der Waals surface area contributed by atoms with Crippen molar-refractivity contribution in [2.75, 3.05) is 23.7 Å². The van der Waals surface area contributed by atoms with Crippen molar-refractivity contribution in [3.05, 3.63) is 45.3 Å². The molecule has 0 bridgehead atoms. The van der Waals surface area contributed by atoms with Gasteiger partial charge in [-0.25, -0.2) is 0 Å². The lowest BCUT2D eigenvalue weighted by Crippen LogP contribution is -2.33. The van der Waals surface area contributed by atoms with Gasteiger partial charge in [0.2, 0.25) is 0 Å². The van der Waals surface area contributed by atoms with Crippen molar-refractivity contribution in [1.82, 2.24) is 4.90 Å². The zero-order chi connectivity index (χ0) is 22.9. The van der Waals surface area contributed by atoms with E-state index in [1.54, 1.807) is 12.2 Å². The SMILES string of the molecule is Cc1cc2c(cc1C)N(CCCS(=O)(=O)O)C(=CC=C1SC(=S)N(CC(=O)O)C1=O)S2. The molecule has 2 aliphatic rings. The fraction of sp³-hybridized carbons (Fsp3) is 0.316. The first-order valence-electron chi connectivity index (χ1n) is 9.15. The van der Waals surface area contributed by atoms with Crippen LogP contribution in [0.5, 0.6) is 0 Å². The highest BCUT2D eigenvalue weighted by molar-refractivity contribution is 8.26. The summed E-state index contributed by atoms with van der Waals surface area (Å²) in [6, 6.07) is 4.08. The van der Waals surface area contributed by atoms with E-state index in [0.29, 0.717) is 11.4 Å². The molecule has 1 fully saturated rings. The van der Waals surface area contributed by atoms with Crippen LogP contribution in [0.4, 0.5) is 5.69 Å². The van der Waals surface area contributed by atoms with Crippen molar-refractivity contribution in [2.45, 2.75) is 25.2 Å². The summed E-state index contributed by atoms with van der Waals surface area (Å²) in [4.78, 5) is 27.7. The van der Waals surface area contributed by atoms with E-state index < -0.39 is 28.5 Å². The molecule has 166 valence electrons. The second-order valence-corrected chi connectivity index (χ2v) is 11.3. The highest BCUT2D eigenvalue weighted by atomic mass is 32.2. The van der Waals surface area contributed by atoms with Crippen LogP contribution in [-0.2, 0) is 19.7 Å². The Morgan fingerprint density at radius 1 is 1.16 bits per heavy atom. The van der Waals surface area contributed by atoms with Crippen molar-refractivity contribution in [3.8, 4) is 0 Å². The van der Waals surface area contributed by atoms with Crippen LogP contribution in [0.15, 0.2) is 39.1 Å². The molecule has 2 aliphatic heterocycles. The maximum Gasteiger partial charge on any atom is 0.323 e. The summed E-state index contributed by atoms with van der Waals surface area (Å²) >= 11 is 7.64. The Morgan fingerprint density at radius 3 is 2.48 bits per heavy atom. The van der Waals surface area contributed by atoms with Gasteiger partial charge in [-0.2, -0.15) is 8.42 Å². The summed E-state index contributed by atoms with van der Waals surface area (Å²) in [5.74, 6) is -1.96. The highest BCUT2D eigenvalue weighted by Gasteiger charge is 2.33. The molecule has 0 aliphatic carbocycles. The number of carbonyl (C=O) groups excluding carboxylic acids is 1. The van der Waals surface area contributed by atoms with Gasteiger partial charge in [0.15, 0.2) is 0 Å². The minimum absolute atomic E-state index is 0.190. The predicted octanol–water partition coefficient (Wildman–Crippen LogP) is 3.16. The van der Waals surface area contributed by atoms with Crippen molar-refractivity contribution in [3.63, 3.8) is 0 Å². The number of thiocarbonyl (C=S) groups is 1. The lowest BCUT2D eigenvalue weighted by Gasteiger charge is -2.20. The summed E-state index contributed by atoms with van der Waals surface area (Å²) < 4.78 is 31.5. The molecular formula is C19H20N2O6S4. The van der Waals surface area contributed by atoms with Crippen LogP contribution in [-0.4, -0.2) is 58.0 Å². The molecule has 3 rings (SSSR count). The summed E-state index contributed by atoms with van der Waals surface area (Å²) in [6.07, 6.45) is 3.57. The average molecular weight is 501 g/mol. The molecule has 0 saturated carbocycles. The minimum atomic E-state index is -4.06. The second kappa shape index (κ2) is 9.33. The van der Waals surface area contributed by atoms with E-state index in [2.05, 4.69) is 6.07 Å². The van der Waals surface area contributed by atoms with Crippen LogP contribution >= 0.6 is 35.7 Å². The number of aryl methyl sites for hydroxylation is 2. The summed E-state index contributed by atoms with van der Waals surface area (Å²) in [5.41, 5.74) is 3.15. The lowest BCUT2D eigenvalue weighted by molar-refractivity contribution is -0.140. The number of aliphatic carboxylic acids is 1. The Bertz CT molecular complexity index is 1130. The molecule has 12 heteroatoms. The number of benzene rings is 1. The van der Waals surface area contributed by atoms with Gasteiger partial charge in [0.1, 0.15) is 10.9 Å². The van der Waals surface area contributed by atoms with Crippen molar-refractivity contribution >= 4 is 67.7 Å². The van der Waals surface area contributed by atoms with E-state index >= 15 is 0 Å². The van der Waals surface area contributed by atoms with Gasteiger partial charge in [0.05, 0.1) is 21.4 Å². The molecule has 0 radical (unpaired) electrons. The molecule has 1 aromatic carbocycles. The molecular weight excluding hydrogens is 480 g/mol. The van der Waals surface area contributed by atoms with Gasteiger partial charge in [-0.05, 0) is 55.7 Å². The van der Waals surface area contributed by atoms with Gasteiger partial charge in [0, 0.05) is 11.4 Å². The van der Waals surface area contributed by atoms with Crippen LogP contribution in [0.25, 0.3) is 0 Å². The quantitative estimate of drug-likeness (QED) is 0.329. The topological polar surface area (TPSA) is 115 Å². The molecule has 31 heavy (non-hydrogen) atoms. The van der Waals surface area contributed by atoms with E-state index in [9.17, 15) is 18.0 Å². The van der Waals surface area contributed by atoms with E-state index in [4.69, 9.17) is 21.9 Å². The van der Waals surface area contributed by atoms with Gasteiger partial charge < -0.3 is 10.0 Å². The van der Waals surface area contributed by atoms with E-state index in [1.165, 1.54) is 11.8 Å². The Hall–Kier alpha value is -1.86. The normalized spacial score (nSPS) is 19.1. The number of rotatable bonds is 7. The van der Waals surface area contributed by atoms with Gasteiger partial charge in [-0.1, -0.05) is 35.7 Å². The number of carboxylic acid groups (broad SMARTS) is 1. The first-order valence-corrected chi connectivity index (χ1v) is 12.8. The fourth-order valence-corrected chi connectivity index (χ4v) is 5.91. The zero-order valence-electron chi connectivity index (χ0n) is 16.7. The molecule has 0 spiro atoms. The summed E-state index contributed by atoms with van der Waals surface area (Å²) in [6.45, 7) is 3.88. The number of nitrogens with zero attached hydrogens (tertiary/aromatic N) is 2. The maximum absolute atomic E-state index is 12.5. The standard InChI is InChI=1S/C19H20N2O6S4/c1-11-8-13-15(9-12(11)2)29-16(20(13)6-3-7-31(25,26)27)5-4-14-18(24)21(10-17(22)23)19(28)30-14/h4-5,8-9H,3,6-7,10H2,1-2H3,(H,22,23)(H,25,26,27). The molecule has 2 heterocycles. The number of carbonyl (C=O) groups is 2. The number of hydrogen-bond donors (Lipinski definition) is 2. The lowest BCUT2D eigenvalue weighted by atomic mass is 10.1. The Balaban J connectivity index is 1.88. The largest absolute Gasteiger partial charge is 0.480 e. The van der Waals surface area contributed by atoms with Crippen LogP contribution < -0.4 is 4.90 Å². The van der Waals surface area contributed by atoms with Crippen molar-refractivity contribution < 1.29 is 27.7 Å². The number of carboxylic acids is 1. The van der Waals surface area contributed by atoms with E-state index in [1.807, 2.05) is 24.8 Å². The van der Waals surface area contributed by atoms with Gasteiger partial charge in [-0.15, -0.1) is 0 Å². The Kier molecular flexibility index (Phi) is 7.16. The van der Waals surface area contributed by atoms with Gasteiger partial charge >= 0.3 is 5.97 Å². The molecule has 8 nitrogen and oxygen atoms in total. The third-order valence-corrected chi connectivity index (χ3v) is 7.99. The second-order valence-electron chi connectivity index (χ2n) is 6.99. The molecule has 1 aromatic rings. The number of hydrogen-bond acceptors (Lipinski definition) is 8. The third kappa shape index (κ3) is 5.69. The third-order valence-electron chi connectivity index (χ3n) is 4.67. The monoisotopic (exact) mass is 500 g/mol. The van der Waals surface area contributed by atoms with Crippen LogP contribution in [0, 0.1) is 13.8 Å². The molecule has 0 unspecified atom stereocenters. The fourth-order valence-electron chi connectivity index (χ4n) is 3.05. The summed E-state index contributed by atoms with van der Waals surface area (Å²) in [7, 11) is -4.06. The molecule has 0 atom stereocenters. The van der Waals surface area contributed by atoms with Crippen molar-refractivity contribution in [2.24, 2.45) is 0 Å². The minimum Gasteiger partial charge on any atom is -0.480 e. The number of anilines is 1. The van der Waals surface area contributed by atoms with Crippen molar-refractivity contribution in [1.29, 1.82) is 0 Å². The number of thioether (sulfide) groups is 2. The predicted molar refractivity (Wildman–Crippen MR) is 126 cm³/mol. The maximum atomic E-state index is 12.5. The Labute approximate surface area is 194 Å². The molecule has 0 aromatic heterocycles. The number of fused-ring (bicyclic) bond motifs is 1. The number of amides is 1. The van der Waals surface area contributed by atoms with Gasteiger partial charge in [0.25, 0.3) is 16.0 Å². The molecule has 2 N–H and O–H groups in total. The van der Waals surface area contributed by atoms with E-state index in [-0.39, 0.29) is 16.5 Å². The van der Waals surface area contributed by atoms with Crippen LogP contribution in [0.2, 0.25) is 0 Å². The smallest absolute Gasteiger partial charge is 0.323 e.